The first kappa shape index (κ1) is 22.0. The highest BCUT2D eigenvalue weighted by molar-refractivity contribution is 6.34. The third-order valence-corrected chi connectivity index (χ3v) is 5.04. The van der Waals surface area contributed by atoms with Gasteiger partial charge in [0.1, 0.15) is 10.7 Å². The van der Waals surface area contributed by atoms with E-state index in [4.69, 9.17) is 11.6 Å². The number of aromatic carboxylic acids is 1. The summed E-state index contributed by atoms with van der Waals surface area (Å²) in [5.74, 6) is -15.6. The molecular formula is C18H11ClF7N2O2+. The average molecular weight is 456 g/mol. The minimum atomic E-state index is -6.58. The van der Waals surface area contributed by atoms with E-state index in [2.05, 4.69) is 4.99 Å². The summed E-state index contributed by atoms with van der Waals surface area (Å²) < 4.78 is 94.2. The normalized spacial score (nSPS) is 19.4. The molecule has 1 aliphatic heterocycles. The summed E-state index contributed by atoms with van der Waals surface area (Å²) in [4.78, 5) is 14.7. The quantitative estimate of drug-likeness (QED) is 0.442. The van der Waals surface area contributed by atoms with Crippen molar-refractivity contribution in [2.24, 2.45) is 4.99 Å². The zero-order valence-corrected chi connectivity index (χ0v) is 15.6. The molecule has 160 valence electrons. The Labute approximate surface area is 169 Å². The Hall–Kier alpha value is -2.66. The molecule has 1 aliphatic rings. The highest BCUT2D eigenvalue weighted by Gasteiger charge is 2.79. The molecule has 0 fully saturated rings. The van der Waals surface area contributed by atoms with Gasteiger partial charge in [-0.2, -0.15) is 35.7 Å². The van der Waals surface area contributed by atoms with Gasteiger partial charge < -0.3 is 5.11 Å². The fourth-order valence-electron chi connectivity index (χ4n) is 3.17. The number of quaternary nitrogens is 1. The monoisotopic (exact) mass is 455 g/mol. The molecule has 0 saturated heterocycles. The number of rotatable bonds is 4. The lowest BCUT2D eigenvalue weighted by molar-refractivity contribution is -0.337. The van der Waals surface area contributed by atoms with Gasteiger partial charge in [-0.1, -0.05) is 23.7 Å². The molecule has 0 bridgehead atoms. The van der Waals surface area contributed by atoms with Crippen molar-refractivity contribution in [3.8, 4) is 0 Å². The van der Waals surface area contributed by atoms with Crippen LogP contribution in [0.15, 0.2) is 47.5 Å². The molecule has 2 aromatic carbocycles. The van der Waals surface area contributed by atoms with Crippen LogP contribution in [0.4, 0.5) is 47.8 Å². The number of aliphatic imine (C=N–C) groups is 1. The number of hydrogen-bond donors (Lipinski definition) is 1. The van der Waals surface area contributed by atoms with E-state index in [0.29, 0.717) is 0 Å². The van der Waals surface area contributed by atoms with E-state index < -0.39 is 45.6 Å². The van der Waals surface area contributed by atoms with Gasteiger partial charge in [0.15, 0.2) is 11.4 Å². The van der Waals surface area contributed by atoms with E-state index in [1.54, 1.807) is 0 Å². The highest BCUT2D eigenvalue weighted by Crippen LogP contribution is 2.55. The van der Waals surface area contributed by atoms with Gasteiger partial charge in [-0.05, 0) is 18.2 Å². The first-order valence-corrected chi connectivity index (χ1v) is 8.45. The van der Waals surface area contributed by atoms with Gasteiger partial charge in [-0.3, -0.25) is 0 Å². The van der Waals surface area contributed by atoms with Gasteiger partial charge in [0.2, 0.25) is 0 Å². The summed E-state index contributed by atoms with van der Waals surface area (Å²) in [5.41, 5.74) is -1.45. The van der Waals surface area contributed by atoms with Crippen molar-refractivity contribution < 1.29 is 40.6 Å². The molecule has 30 heavy (non-hydrogen) atoms. The number of halogens is 8. The fraction of sp³-hybridized carbons (Fsp3) is 0.222. The molecule has 0 radical (unpaired) electrons. The Morgan fingerprint density at radius 3 is 2.13 bits per heavy atom. The van der Waals surface area contributed by atoms with Crippen LogP contribution in [-0.4, -0.2) is 42.0 Å². The molecular weight excluding hydrogens is 445 g/mol. The number of alkyl halides is 7. The number of carbonyl (C=O) groups is 1. The minimum Gasteiger partial charge on any atom is -0.478 e. The van der Waals surface area contributed by atoms with Crippen molar-refractivity contribution in [3.63, 3.8) is 0 Å². The van der Waals surface area contributed by atoms with Gasteiger partial charge in [0.25, 0.3) is 5.84 Å². The van der Waals surface area contributed by atoms with E-state index in [0.717, 1.165) is 31.3 Å². The van der Waals surface area contributed by atoms with Gasteiger partial charge in [0, 0.05) is 12.1 Å². The van der Waals surface area contributed by atoms with Gasteiger partial charge in [0.05, 0.1) is 12.6 Å². The Bertz CT molecular complexity index is 1070. The second-order valence-electron chi connectivity index (χ2n) is 6.55. The van der Waals surface area contributed by atoms with Crippen LogP contribution in [0.1, 0.15) is 10.4 Å². The largest absolute Gasteiger partial charge is 0.478 e. The van der Waals surface area contributed by atoms with Crippen LogP contribution in [0.25, 0.3) is 0 Å². The lowest BCUT2D eigenvalue weighted by atomic mass is 10.1. The third kappa shape index (κ3) is 2.95. The van der Waals surface area contributed by atoms with Crippen LogP contribution >= 0.6 is 11.6 Å². The molecule has 1 unspecified atom stereocenters. The smallest absolute Gasteiger partial charge is 0.460 e. The second kappa shape index (κ2) is 6.67. The third-order valence-electron chi connectivity index (χ3n) is 4.72. The maximum atomic E-state index is 14.8. The molecule has 1 atom stereocenters. The summed E-state index contributed by atoms with van der Waals surface area (Å²) in [6, 6.07) is 7.84. The fourth-order valence-corrected chi connectivity index (χ4v) is 3.47. The number of carboxylic acid groups (broad SMARTS) is 1. The summed E-state index contributed by atoms with van der Waals surface area (Å²) in [6.45, 7) is 0. The average Bonchev–Trinajstić information content (AvgIpc) is 2.94. The number of amidine groups is 1. The standard InChI is InChI=1S/C18H10ClF7N2O2/c1-28(12-5-3-2-4-10(12)19)13-8-9(14(29)30)6-7-11(13)27-15(28)16(20,21)17(22,23)18(24,25)26/h2-8H,1H3/p+1. The molecule has 0 amide bonds. The van der Waals surface area contributed by atoms with E-state index in [9.17, 15) is 40.6 Å². The SMILES string of the molecule is C[N+]1(c2ccccc2Cl)C(C(F)(F)C(F)(F)C(F)(F)F)=Nc2ccc(C(=O)O)cc21. The van der Waals surface area contributed by atoms with E-state index >= 15 is 0 Å². The zero-order chi connectivity index (χ0) is 22.7. The van der Waals surface area contributed by atoms with Crippen LogP contribution in [0.3, 0.4) is 0 Å². The molecule has 4 nitrogen and oxygen atoms in total. The maximum Gasteiger partial charge on any atom is 0.460 e. The van der Waals surface area contributed by atoms with Crippen molar-refractivity contribution in [2.75, 3.05) is 7.05 Å². The van der Waals surface area contributed by atoms with Crippen LogP contribution in [0.2, 0.25) is 5.02 Å². The molecule has 2 aromatic rings. The van der Waals surface area contributed by atoms with Crippen molar-refractivity contribution in [3.05, 3.63) is 53.1 Å². The Morgan fingerprint density at radius 1 is 1.00 bits per heavy atom. The maximum absolute atomic E-state index is 14.8. The molecule has 0 saturated carbocycles. The number of benzene rings is 2. The zero-order valence-electron chi connectivity index (χ0n) is 14.8. The van der Waals surface area contributed by atoms with Gasteiger partial charge in [-0.25, -0.2) is 9.28 Å². The molecule has 1 N–H and O–H groups in total. The second-order valence-corrected chi connectivity index (χ2v) is 6.96. The molecule has 0 aromatic heterocycles. The first-order valence-electron chi connectivity index (χ1n) is 8.07. The molecule has 12 heteroatoms. The highest BCUT2D eigenvalue weighted by atomic mass is 35.5. The predicted octanol–water partition coefficient (Wildman–Crippen LogP) is 6.18. The van der Waals surface area contributed by atoms with Crippen LogP contribution in [0.5, 0.6) is 0 Å². The van der Waals surface area contributed by atoms with Crippen molar-refractivity contribution in [1.29, 1.82) is 0 Å². The van der Waals surface area contributed by atoms with E-state index in [1.165, 1.54) is 18.2 Å². The number of fused-ring (bicyclic) bond motifs is 1. The van der Waals surface area contributed by atoms with E-state index in [1.807, 2.05) is 0 Å². The topological polar surface area (TPSA) is 49.7 Å². The molecule has 3 rings (SSSR count). The van der Waals surface area contributed by atoms with Crippen molar-refractivity contribution in [1.82, 2.24) is 4.48 Å². The molecule has 1 heterocycles. The van der Waals surface area contributed by atoms with Crippen molar-refractivity contribution in [2.45, 2.75) is 18.0 Å². The van der Waals surface area contributed by atoms with Gasteiger partial charge in [-0.15, -0.1) is 0 Å². The summed E-state index contributed by atoms with van der Waals surface area (Å²) in [5, 5.41) is 8.96. The van der Waals surface area contributed by atoms with Crippen LogP contribution in [0, 0.1) is 0 Å². The Morgan fingerprint density at radius 2 is 1.60 bits per heavy atom. The molecule has 0 aliphatic carbocycles. The van der Waals surface area contributed by atoms with Crippen molar-refractivity contribution >= 4 is 40.5 Å². The van der Waals surface area contributed by atoms with Crippen LogP contribution < -0.4 is 4.48 Å². The number of para-hydroxylation sites is 1. The number of carboxylic acids is 1. The number of nitrogens with zero attached hydrogens (tertiary/aromatic N) is 2. The lowest BCUT2D eigenvalue weighted by Crippen LogP contribution is -2.63. The summed E-state index contributed by atoms with van der Waals surface area (Å²) >= 11 is 6.04. The summed E-state index contributed by atoms with van der Waals surface area (Å²) in [6.07, 6.45) is -6.58. The number of hydrogen-bond acceptors (Lipinski definition) is 2. The van der Waals surface area contributed by atoms with E-state index in [-0.39, 0.29) is 16.4 Å². The summed E-state index contributed by atoms with van der Waals surface area (Å²) in [7, 11) is 0.887. The van der Waals surface area contributed by atoms with Crippen LogP contribution in [-0.2, 0) is 0 Å². The first-order chi connectivity index (χ1) is 13.7. The predicted molar refractivity (Wildman–Crippen MR) is 95.3 cm³/mol. The lowest BCUT2D eigenvalue weighted by Gasteiger charge is -2.36. The Kier molecular flexibility index (Phi) is 4.90. The Balaban J connectivity index is 2.36. The minimum absolute atomic E-state index is 0.229. The van der Waals surface area contributed by atoms with Gasteiger partial charge >= 0.3 is 24.0 Å². The molecule has 0 spiro atoms.